The van der Waals surface area contributed by atoms with Crippen LogP contribution in [0.3, 0.4) is 0 Å². The van der Waals surface area contributed by atoms with Crippen LogP contribution >= 0.6 is 11.6 Å². The first-order chi connectivity index (χ1) is 12.0. The molecule has 3 rings (SSSR count). The zero-order valence-corrected chi connectivity index (χ0v) is 14.7. The molecule has 3 aromatic rings. The van der Waals surface area contributed by atoms with Gasteiger partial charge in [-0.3, -0.25) is 9.48 Å². The molecule has 0 aliphatic heterocycles. The predicted octanol–water partition coefficient (Wildman–Crippen LogP) is 2.54. The molecule has 8 heteroatoms. The minimum Gasteiger partial charge on any atom is -0.471 e. The third-order valence-corrected chi connectivity index (χ3v) is 3.81. The lowest BCUT2D eigenvalue weighted by Gasteiger charge is -2.09. The normalized spacial score (nSPS) is 10.7. The molecule has 2 aromatic heterocycles. The molecule has 25 heavy (non-hydrogen) atoms. The molecular weight excluding hydrogens is 342 g/mol. The van der Waals surface area contributed by atoms with Gasteiger partial charge in [-0.15, -0.1) is 0 Å². The van der Waals surface area contributed by atoms with E-state index in [9.17, 15) is 4.79 Å². The van der Waals surface area contributed by atoms with Crippen LogP contribution in [0.25, 0.3) is 0 Å². The Morgan fingerprint density at radius 3 is 2.92 bits per heavy atom. The molecule has 1 amide bonds. The molecule has 0 bridgehead atoms. The SMILES string of the molecule is Cc1cc(Cl)ccc1OCn1ccc(C(=O)NCc2cnn(C)c2)n1. The van der Waals surface area contributed by atoms with Crippen molar-refractivity contribution < 1.29 is 9.53 Å². The van der Waals surface area contributed by atoms with Crippen LogP contribution in [-0.2, 0) is 20.3 Å². The van der Waals surface area contributed by atoms with E-state index in [0.717, 1.165) is 16.9 Å². The van der Waals surface area contributed by atoms with Gasteiger partial charge in [-0.1, -0.05) is 11.6 Å². The summed E-state index contributed by atoms with van der Waals surface area (Å²) in [4.78, 5) is 12.1. The topological polar surface area (TPSA) is 74.0 Å². The highest BCUT2D eigenvalue weighted by Crippen LogP contribution is 2.22. The molecule has 0 fully saturated rings. The summed E-state index contributed by atoms with van der Waals surface area (Å²) in [5.41, 5.74) is 2.20. The van der Waals surface area contributed by atoms with Crippen molar-refractivity contribution in [1.82, 2.24) is 24.9 Å². The van der Waals surface area contributed by atoms with E-state index in [0.29, 0.717) is 17.3 Å². The summed E-state index contributed by atoms with van der Waals surface area (Å²) in [5.74, 6) is 0.479. The number of aryl methyl sites for hydroxylation is 2. The molecule has 0 spiro atoms. The average Bonchev–Trinajstić information content (AvgIpc) is 3.21. The first-order valence-electron chi connectivity index (χ1n) is 7.69. The van der Waals surface area contributed by atoms with Gasteiger partial charge in [0.25, 0.3) is 5.91 Å². The van der Waals surface area contributed by atoms with Crippen LogP contribution < -0.4 is 10.1 Å². The maximum atomic E-state index is 12.1. The van der Waals surface area contributed by atoms with Crippen LogP contribution in [0.15, 0.2) is 42.9 Å². The van der Waals surface area contributed by atoms with Crippen molar-refractivity contribution in [1.29, 1.82) is 0 Å². The summed E-state index contributed by atoms with van der Waals surface area (Å²) in [6, 6.07) is 7.06. The Bertz CT molecular complexity index is 887. The number of nitrogens with zero attached hydrogens (tertiary/aromatic N) is 4. The molecule has 0 saturated carbocycles. The molecule has 2 heterocycles. The Morgan fingerprint density at radius 2 is 2.20 bits per heavy atom. The van der Waals surface area contributed by atoms with E-state index >= 15 is 0 Å². The third kappa shape index (κ3) is 4.39. The number of carbonyl (C=O) groups is 1. The van der Waals surface area contributed by atoms with E-state index < -0.39 is 0 Å². The average molecular weight is 360 g/mol. The largest absolute Gasteiger partial charge is 0.471 e. The van der Waals surface area contributed by atoms with Crippen molar-refractivity contribution in [2.75, 3.05) is 0 Å². The lowest BCUT2D eigenvalue weighted by Crippen LogP contribution is -2.23. The van der Waals surface area contributed by atoms with E-state index in [1.807, 2.05) is 32.3 Å². The molecule has 1 N–H and O–H groups in total. The number of nitrogens with one attached hydrogen (secondary N) is 1. The summed E-state index contributed by atoms with van der Waals surface area (Å²) in [6.07, 6.45) is 5.26. The monoisotopic (exact) mass is 359 g/mol. The molecular formula is C17H18ClN5O2. The predicted molar refractivity (Wildman–Crippen MR) is 93.4 cm³/mol. The minimum absolute atomic E-state index is 0.207. The van der Waals surface area contributed by atoms with Gasteiger partial charge in [0.2, 0.25) is 0 Å². The molecule has 0 saturated heterocycles. The molecule has 0 aliphatic carbocycles. The number of benzene rings is 1. The van der Waals surface area contributed by atoms with Gasteiger partial charge in [0.1, 0.15) is 11.4 Å². The van der Waals surface area contributed by atoms with Gasteiger partial charge in [0.15, 0.2) is 6.73 Å². The first kappa shape index (κ1) is 17.0. The van der Waals surface area contributed by atoms with Crippen LogP contribution in [0.2, 0.25) is 5.02 Å². The maximum absolute atomic E-state index is 12.1. The smallest absolute Gasteiger partial charge is 0.272 e. The number of ether oxygens (including phenoxy) is 1. The van der Waals surface area contributed by atoms with Gasteiger partial charge in [-0.05, 0) is 36.8 Å². The molecule has 130 valence electrons. The van der Waals surface area contributed by atoms with Crippen LogP contribution in [0.1, 0.15) is 21.6 Å². The first-order valence-corrected chi connectivity index (χ1v) is 8.07. The van der Waals surface area contributed by atoms with E-state index in [4.69, 9.17) is 16.3 Å². The lowest BCUT2D eigenvalue weighted by molar-refractivity contribution is 0.0944. The standard InChI is InChI=1S/C17H18ClN5O2/c1-12-7-14(18)3-4-16(12)25-11-23-6-5-15(21-23)17(24)19-8-13-9-20-22(2)10-13/h3-7,9-10H,8,11H2,1-2H3,(H,19,24). The van der Waals surface area contributed by atoms with Crippen LogP contribution in [0, 0.1) is 6.92 Å². The van der Waals surface area contributed by atoms with Gasteiger partial charge < -0.3 is 10.1 Å². The Labute approximate surface area is 150 Å². The molecule has 0 aliphatic rings. The Balaban J connectivity index is 1.55. The molecule has 0 atom stereocenters. The van der Waals surface area contributed by atoms with Crippen LogP contribution in [0.4, 0.5) is 0 Å². The molecule has 0 unspecified atom stereocenters. The van der Waals surface area contributed by atoms with Gasteiger partial charge >= 0.3 is 0 Å². The number of hydrogen-bond donors (Lipinski definition) is 1. The fourth-order valence-electron chi connectivity index (χ4n) is 2.30. The number of carbonyl (C=O) groups excluding carboxylic acids is 1. The maximum Gasteiger partial charge on any atom is 0.272 e. The van der Waals surface area contributed by atoms with Gasteiger partial charge in [0, 0.05) is 36.6 Å². The van der Waals surface area contributed by atoms with Crippen molar-refractivity contribution in [3.8, 4) is 5.75 Å². The van der Waals surface area contributed by atoms with E-state index in [2.05, 4.69) is 15.5 Å². The minimum atomic E-state index is -0.245. The number of hydrogen-bond acceptors (Lipinski definition) is 4. The molecule has 0 radical (unpaired) electrons. The van der Waals surface area contributed by atoms with Crippen LogP contribution in [0.5, 0.6) is 5.75 Å². The van der Waals surface area contributed by atoms with Gasteiger partial charge in [-0.25, -0.2) is 4.68 Å². The fourth-order valence-corrected chi connectivity index (χ4v) is 2.53. The van der Waals surface area contributed by atoms with E-state index in [-0.39, 0.29) is 12.6 Å². The summed E-state index contributed by atoms with van der Waals surface area (Å²) >= 11 is 5.92. The summed E-state index contributed by atoms with van der Waals surface area (Å²) in [5, 5.41) is 11.8. The summed E-state index contributed by atoms with van der Waals surface area (Å²) in [6.45, 7) is 2.53. The summed E-state index contributed by atoms with van der Waals surface area (Å²) < 4.78 is 8.95. The Morgan fingerprint density at radius 1 is 1.36 bits per heavy atom. The van der Waals surface area contributed by atoms with Crippen molar-refractivity contribution in [3.05, 3.63) is 64.7 Å². The Hall–Kier alpha value is -2.80. The van der Waals surface area contributed by atoms with Gasteiger partial charge in [0.05, 0.1) is 6.20 Å². The number of aromatic nitrogens is 4. The van der Waals surface area contributed by atoms with Crippen LogP contribution in [-0.4, -0.2) is 25.5 Å². The van der Waals surface area contributed by atoms with E-state index in [1.165, 1.54) is 0 Å². The lowest BCUT2D eigenvalue weighted by atomic mass is 10.2. The second-order valence-electron chi connectivity index (χ2n) is 5.63. The van der Waals surface area contributed by atoms with Crippen molar-refractivity contribution in [3.63, 3.8) is 0 Å². The zero-order valence-electron chi connectivity index (χ0n) is 13.9. The highest BCUT2D eigenvalue weighted by Gasteiger charge is 2.10. The highest BCUT2D eigenvalue weighted by molar-refractivity contribution is 6.30. The molecule has 7 nitrogen and oxygen atoms in total. The van der Waals surface area contributed by atoms with Crippen molar-refractivity contribution >= 4 is 17.5 Å². The Kier molecular flexibility index (Phi) is 5.04. The second-order valence-corrected chi connectivity index (χ2v) is 6.07. The zero-order chi connectivity index (χ0) is 17.8. The quantitative estimate of drug-likeness (QED) is 0.734. The number of halogens is 1. The van der Waals surface area contributed by atoms with Crippen molar-refractivity contribution in [2.45, 2.75) is 20.2 Å². The number of amides is 1. The van der Waals surface area contributed by atoms with Gasteiger partial charge in [-0.2, -0.15) is 10.2 Å². The van der Waals surface area contributed by atoms with E-state index in [1.54, 1.807) is 33.9 Å². The summed E-state index contributed by atoms with van der Waals surface area (Å²) in [7, 11) is 1.83. The third-order valence-electron chi connectivity index (χ3n) is 3.57. The molecule has 1 aromatic carbocycles. The van der Waals surface area contributed by atoms with Crippen molar-refractivity contribution in [2.24, 2.45) is 7.05 Å². The number of rotatable bonds is 6. The highest BCUT2D eigenvalue weighted by atomic mass is 35.5. The fraction of sp³-hybridized carbons (Fsp3) is 0.235. The second kappa shape index (κ2) is 7.40.